The van der Waals surface area contributed by atoms with Gasteiger partial charge in [0.1, 0.15) is 11.5 Å². The molecule has 2 heterocycles. The van der Waals surface area contributed by atoms with Crippen molar-refractivity contribution in [1.29, 1.82) is 0 Å². The van der Waals surface area contributed by atoms with Crippen molar-refractivity contribution in [3.63, 3.8) is 0 Å². The fraction of sp³-hybridized carbons (Fsp3) is 0.100. The quantitative estimate of drug-likeness (QED) is 0.278. The fourth-order valence-electron chi connectivity index (χ4n) is 4.52. The Morgan fingerprint density at radius 2 is 1.47 bits per heavy atom. The first-order chi connectivity index (χ1) is 18.6. The number of fused-ring (bicyclic) bond motifs is 3. The summed E-state index contributed by atoms with van der Waals surface area (Å²) in [5.41, 5.74) is 6.68. The Morgan fingerprint density at radius 3 is 2.24 bits per heavy atom. The van der Waals surface area contributed by atoms with Crippen LogP contribution in [0, 0.1) is 0 Å². The van der Waals surface area contributed by atoms with E-state index in [4.69, 9.17) is 14.2 Å². The van der Waals surface area contributed by atoms with Gasteiger partial charge in [0.05, 0.1) is 11.6 Å². The molecule has 0 saturated heterocycles. The number of rotatable bonds is 5. The lowest BCUT2D eigenvalue weighted by Crippen LogP contribution is -2.29. The van der Waals surface area contributed by atoms with Gasteiger partial charge >= 0.3 is 0 Å². The smallest absolute Gasteiger partial charge is 0.255 e. The molecule has 188 valence electrons. The van der Waals surface area contributed by atoms with Gasteiger partial charge in [-0.15, -0.1) is 0 Å². The molecule has 2 amide bonds. The van der Waals surface area contributed by atoms with E-state index in [1.807, 2.05) is 60.7 Å². The molecule has 8 nitrogen and oxygen atoms in total. The standard InChI is InChI=1S/C30H23N3O5/c1-18(19-7-6-8-21(15-19)31-29(34)20-13-14-26-27(16-20)37-17-36-26)32-33-30(35)28-22-9-2-4-11-24(22)38-25-12-5-3-10-23(25)28/h2-16,28H,17H2,1H3,(H,31,34)(H,33,35)/b32-18+. The number of hydrogen-bond donors (Lipinski definition) is 2. The molecule has 4 aromatic carbocycles. The van der Waals surface area contributed by atoms with Gasteiger partial charge in [-0.1, -0.05) is 48.5 Å². The van der Waals surface area contributed by atoms with E-state index in [1.165, 1.54) is 0 Å². The highest BCUT2D eigenvalue weighted by molar-refractivity contribution is 6.06. The largest absolute Gasteiger partial charge is 0.457 e. The summed E-state index contributed by atoms with van der Waals surface area (Å²) in [5.74, 6) is 1.36. The molecule has 2 aliphatic heterocycles. The third-order valence-electron chi connectivity index (χ3n) is 6.45. The maximum atomic E-state index is 13.4. The number of para-hydroxylation sites is 2. The SMILES string of the molecule is C/C(=N\NC(=O)C1c2ccccc2Oc2ccccc21)c1cccc(NC(=O)c2ccc3c(c2)OCO3)c1. The van der Waals surface area contributed by atoms with Crippen LogP contribution in [-0.2, 0) is 4.79 Å². The monoisotopic (exact) mass is 505 g/mol. The van der Waals surface area contributed by atoms with Gasteiger partial charge in [0.25, 0.3) is 11.8 Å². The average molecular weight is 506 g/mol. The highest BCUT2D eigenvalue weighted by Gasteiger charge is 2.32. The summed E-state index contributed by atoms with van der Waals surface area (Å²) in [5, 5.41) is 7.26. The van der Waals surface area contributed by atoms with Crippen LogP contribution in [-0.4, -0.2) is 24.3 Å². The van der Waals surface area contributed by atoms with Crippen LogP contribution >= 0.6 is 0 Å². The highest BCUT2D eigenvalue weighted by atomic mass is 16.7. The summed E-state index contributed by atoms with van der Waals surface area (Å²) in [4.78, 5) is 26.1. The fourth-order valence-corrected chi connectivity index (χ4v) is 4.52. The number of hydrogen-bond acceptors (Lipinski definition) is 6. The van der Waals surface area contributed by atoms with Gasteiger partial charge in [-0.05, 0) is 55.0 Å². The molecule has 0 fully saturated rings. The van der Waals surface area contributed by atoms with Crippen LogP contribution in [0.15, 0.2) is 96.1 Å². The van der Waals surface area contributed by atoms with Gasteiger partial charge < -0.3 is 19.5 Å². The van der Waals surface area contributed by atoms with Crippen molar-refractivity contribution < 1.29 is 23.8 Å². The van der Waals surface area contributed by atoms with E-state index < -0.39 is 5.92 Å². The molecule has 0 aromatic heterocycles. The molecular formula is C30H23N3O5. The summed E-state index contributed by atoms with van der Waals surface area (Å²) < 4.78 is 16.7. The third kappa shape index (κ3) is 4.43. The van der Waals surface area contributed by atoms with E-state index in [1.54, 1.807) is 37.3 Å². The van der Waals surface area contributed by atoms with Gasteiger partial charge in [-0.25, -0.2) is 5.43 Å². The zero-order chi connectivity index (χ0) is 26.1. The minimum atomic E-state index is -0.556. The Balaban J connectivity index is 1.18. The number of carbonyl (C=O) groups excluding carboxylic acids is 2. The van der Waals surface area contributed by atoms with Crippen molar-refractivity contribution in [3.8, 4) is 23.0 Å². The molecule has 2 aliphatic rings. The molecule has 0 aliphatic carbocycles. The summed E-state index contributed by atoms with van der Waals surface area (Å²) in [7, 11) is 0. The first-order valence-corrected chi connectivity index (χ1v) is 12.1. The van der Waals surface area contributed by atoms with Crippen molar-refractivity contribution in [2.45, 2.75) is 12.8 Å². The second kappa shape index (κ2) is 9.74. The molecule has 0 radical (unpaired) electrons. The van der Waals surface area contributed by atoms with Crippen LogP contribution in [0.4, 0.5) is 5.69 Å². The van der Waals surface area contributed by atoms with Crippen LogP contribution in [0.1, 0.15) is 39.9 Å². The first kappa shape index (κ1) is 23.3. The van der Waals surface area contributed by atoms with Crippen LogP contribution in [0.5, 0.6) is 23.0 Å². The number of nitrogens with one attached hydrogen (secondary N) is 2. The van der Waals surface area contributed by atoms with Gasteiger partial charge in [-0.2, -0.15) is 5.10 Å². The zero-order valence-corrected chi connectivity index (χ0v) is 20.4. The lowest BCUT2D eigenvalue weighted by Gasteiger charge is -2.26. The maximum Gasteiger partial charge on any atom is 0.255 e. The summed E-state index contributed by atoms with van der Waals surface area (Å²) in [6.45, 7) is 1.94. The summed E-state index contributed by atoms with van der Waals surface area (Å²) >= 11 is 0. The Hall–Kier alpha value is -5.11. The Bertz CT molecular complexity index is 1550. The molecule has 4 aromatic rings. The lowest BCUT2D eigenvalue weighted by molar-refractivity contribution is -0.121. The molecule has 8 heteroatoms. The van der Waals surface area contributed by atoms with Crippen molar-refractivity contribution in [1.82, 2.24) is 5.43 Å². The number of amides is 2. The second-order valence-electron chi connectivity index (χ2n) is 8.89. The third-order valence-corrected chi connectivity index (χ3v) is 6.45. The van der Waals surface area contributed by atoms with E-state index >= 15 is 0 Å². The number of benzene rings is 4. The van der Waals surface area contributed by atoms with Crippen LogP contribution < -0.4 is 25.0 Å². The number of carbonyl (C=O) groups is 2. The molecule has 2 N–H and O–H groups in total. The predicted molar refractivity (Wildman–Crippen MR) is 142 cm³/mol. The average Bonchev–Trinajstić information content (AvgIpc) is 3.42. The molecule has 0 unspecified atom stereocenters. The topological polar surface area (TPSA) is 98.2 Å². The molecule has 38 heavy (non-hydrogen) atoms. The maximum absolute atomic E-state index is 13.4. The number of ether oxygens (including phenoxy) is 3. The van der Waals surface area contributed by atoms with Crippen molar-refractivity contribution in [2.24, 2.45) is 5.10 Å². The normalized spacial score (nSPS) is 13.7. The number of hydrazone groups is 1. The van der Waals surface area contributed by atoms with Crippen LogP contribution in [0.2, 0.25) is 0 Å². The van der Waals surface area contributed by atoms with Crippen LogP contribution in [0.3, 0.4) is 0 Å². The molecule has 0 saturated carbocycles. The lowest BCUT2D eigenvalue weighted by atomic mass is 9.87. The van der Waals surface area contributed by atoms with Crippen molar-refractivity contribution in [2.75, 3.05) is 12.1 Å². The van der Waals surface area contributed by atoms with Gasteiger partial charge in [0.15, 0.2) is 11.5 Å². The zero-order valence-electron chi connectivity index (χ0n) is 20.4. The minimum absolute atomic E-state index is 0.144. The molecule has 0 atom stereocenters. The van der Waals surface area contributed by atoms with E-state index in [0.29, 0.717) is 40.0 Å². The Morgan fingerprint density at radius 1 is 0.763 bits per heavy atom. The number of nitrogens with zero attached hydrogens (tertiary/aromatic N) is 1. The van der Waals surface area contributed by atoms with Crippen LogP contribution in [0.25, 0.3) is 0 Å². The van der Waals surface area contributed by atoms with Crippen molar-refractivity contribution in [3.05, 3.63) is 113 Å². The Kier molecular flexibility index (Phi) is 5.97. The van der Waals surface area contributed by atoms with Gasteiger partial charge in [0.2, 0.25) is 6.79 Å². The molecular weight excluding hydrogens is 482 g/mol. The van der Waals surface area contributed by atoms with E-state index in [0.717, 1.165) is 16.7 Å². The second-order valence-corrected chi connectivity index (χ2v) is 8.89. The predicted octanol–water partition coefficient (Wildman–Crippen LogP) is 5.45. The molecule has 0 spiro atoms. The minimum Gasteiger partial charge on any atom is -0.457 e. The Labute approximate surface area is 218 Å². The summed E-state index contributed by atoms with van der Waals surface area (Å²) in [6, 6.07) is 27.3. The van der Waals surface area contributed by atoms with E-state index in [9.17, 15) is 9.59 Å². The van der Waals surface area contributed by atoms with Gasteiger partial charge in [-0.3, -0.25) is 9.59 Å². The van der Waals surface area contributed by atoms with Gasteiger partial charge in [0, 0.05) is 22.4 Å². The molecule has 0 bridgehead atoms. The van der Waals surface area contributed by atoms with Crippen molar-refractivity contribution >= 4 is 23.2 Å². The first-order valence-electron chi connectivity index (χ1n) is 12.1. The number of anilines is 1. The summed E-state index contributed by atoms with van der Waals surface area (Å²) in [6.07, 6.45) is 0. The van der Waals surface area contributed by atoms with E-state index in [-0.39, 0.29) is 18.6 Å². The molecule has 6 rings (SSSR count). The van der Waals surface area contributed by atoms with E-state index in [2.05, 4.69) is 15.8 Å². The highest BCUT2D eigenvalue weighted by Crippen LogP contribution is 2.43.